The SMILES string of the molecule is Oc1ccc(Oc2ccccc2Cl)c(C#[N+]c2ncns2)c1Cl. The van der Waals surface area contributed by atoms with Crippen molar-refractivity contribution in [2.24, 2.45) is 0 Å². The maximum atomic E-state index is 9.78. The molecule has 0 saturated heterocycles. The topological polar surface area (TPSA) is 59.6 Å². The molecule has 1 aromatic heterocycles. The Hall–Kier alpha value is -2.33. The Balaban J connectivity index is 2.03. The first-order chi connectivity index (χ1) is 11.1. The highest BCUT2D eigenvalue weighted by molar-refractivity contribution is 7.09. The Kier molecular flexibility index (Phi) is 4.63. The van der Waals surface area contributed by atoms with Crippen molar-refractivity contribution >= 4 is 39.9 Å². The van der Waals surface area contributed by atoms with E-state index in [2.05, 4.69) is 20.3 Å². The van der Waals surface area contributed by atoms with E-state index < -0.39 is 0 Å². The third-order valence-electron chi connectivity index (χ3n) is 2.75. The zero-order valence-electron chi connectivity index (χ0n) is 11.4. The van der Waals surface area contributed by atoms with E-state index in [-0.39, 0.29) is 10.8 Å². The second kappa shape index (κ2) is 6.84. The third kappa shape index (κ3) is 3.54. The largest absolute Gasteiger partial charge is 0.506 e. The summed E-state index contributed by atoms with van der Waals surface area (Å²) < 4.78 is 9.61. The predicted molar refractivity (Wildman–Crippen MR) is 90.6 cm³/mol. The number of hydrogen-bond acceptors (Lipinski definition) is 5. The van der Waals surface area contributed by atoms with Crippen molar-refractivity contribution in [3.8, 4) is 23.3 Å². The molecule has 3 rings (SSSR count). The third-order valence-corrected chi connectivity index (χ3v) is 4.01. The lowest BCUT2D eigenvalue weighted by Crippen LogP contribution is -1.90. The van der Waals surface area contributed by atoms with E-state index in [1.54, 1.807) is 30.3 Å². The van der Waals surface area contributed by atoms with Gasteiger partial charge < -0.3 is 9.84 Å². The van der Waals surface area contributed by atoms with Crippen LogP contribution >= 0.6 is 34.7 Å². The average Bonchev–Trinajstić information content (AvgIpc) is 3.06. The molecule has 0 radical (unpaired) electrons. The molecule has 0 aliphatic heterocycles. The summed E-state index contributed by atoms with van der Waals surface area (Å²) in [6.45, 7) is 0. The van der Waals surface area contributed by atoms with Gasteiger partial charge in [-0.25, -0.2) is 0 Å². The lowest BCUT2D eigenvalue weighted by molar-refractivity contribution is 0.463. The molecule has 0 aliphatic rings. The first kappa shape index (κ1) is 15.6. The minimum atomic E-state index is -0.104. The van der Waals surface area contributed by atoms with Crippen LogP contribution in [0.1, 0.15) is 5.56 Å². The van der Waals surface area contributed by atoms with E-state index in [0.717, 1.165) is 11.5 Å². The van der Waals surface area contributed by atoms with Crippen LogP contribution in [-0.2, 0) is 0 Å². The number of para-hydroxylation sites is 1. The van der Waals surface area contributed by atoms with Gasteiger partial charge >= 0.3 is 5.13 Å². The Morgan fingerprint density at radius 2 is 1.96 bits per heavy atom. The van der Waals surface area contributed by atoms with Gasteiger partial charge in [0.25, 0.3) is 0 Å². The molecule has 8 heteroatoms. The van der Waals surface area contributed by atoms with Crippen molar-refractivity contribution in [1.29, 1.82) is 0 Å². The number of rotatable bonds is 2. The van der Waals surface area contributed by atoms with Crippen LogP contribution in [0.2, 0.25) is 10.0 Å². The van der Waals surface area contributed by atoms with Crippen molar-refractivity contribution in [3.05, 3.63) is 63.2 Å². The molecule has 0 amide bonds. The van der Waals surface area contributed by atoms with Crippen LogP contribution in [0, 0.1) is 6.07 Å². The molecule has 0 bridgehead atoms. The first-order valence-corrected chi connectivity index (χ1v) is 7.85. The summed E-state index contributed by atoms with van der Waals surface area (Å²) >= 11 is 13.3. The van der Waals surface area contributed by atoms with Crippen molar-refractivity contribution in [1.82, 2.24) is 9.36 Å². The van der Waals surface area contributed by atoms with Crippen molar-refractivity contribution in [2.75, 3.05) is 0 Å². The molecule has 3 aromatic rings. The summed E-state index contributed by atoms with van der Waals surface area (Å²) in [6.07, 6.45) is 1.39. The molecule has 0 aliphatic carbocycles. The van der Waals surface area contributed by atoms with Crippen LogP contribution in [-0.4, -0.2) is 14.5 Å². The van der Waals surface area contributed by atoms with Gasteiger partial charge in [-0.1, -0.05) is 35.3 Å². The van der Waals surface area contributed by atoms with Gasteiger partial charge in [-0.05, 0) is 24.3 Å². The fourth-order valence-corrected chi connectivity index (χ4v) is 2.44. The lowest BCUT2D eigenvalue weighted by Gasteiger charge is -2.09. The zero-order chi connectivity index (χ0) is 16.2. The Bertz CT molecular complexity index is 905. The molecule has 0 unspecified atom stereocenters. The van der Waals surface area contributed by atoms with Crippen molar-refractivity contribution < 1.29 is 9.84 Å². The van der Waals surface area contributed by atoms with Gasteiger partial charge in [0.15, 0.2) is 0 Å². The minimum Gasteiger partial charge on any atom is -0.506 e. The zero-order valence-corrected chi connectivity index (χ0v) is 13.7. The number of ether oxygens (including phenoxy) is 1. The van der Waals surface area contributed by atoms with Crippen LogP contribution in [0.4, 0.5) is 5.13 Å². The standard InChI is InChI=1S/C15H7Cl2N3O2S/c16-10-3-1-2-4-13(10)22-12-6-5-11(21)14(17)9(12)7-18-15-19-8-20-23-15/h1-6,8H/p+1. The normalized spacial score (nSPS) is 10.0. The fraction of sp³-hybridized carbons (Fsp3) is 0. The average molecular weight is 365 g/mol. The second-order valence-electron chi connectivity index (χ2n) is 4.25. The number of aromatic nitrogens is 2. The van der Waals surface area contributed by atoms with Crippen LogP contribution in [0.5, 0.6) is 17.2 Å². The van der Waals surface area contributed by atoms with E-state index in [4.69, 9.17) is 27.9 Å². The number of phenolic OH excluding ortho intramolecular Hbond substituents is 1. The Morgan fingerprint density at radius 1 is 1.13 bits per heavy atom. The molecule has 1 N–H and O–H groups in total. The molecule has 1 heterocycles. The second-order valence-corrected chi connectivity index (χ2v) is 5.80. The Morgan fingerprint density at radius 3 is 2.70 bits per heavy atom. The van der Waals surface area contributed by atoms with Gasteiger partial charge in [0.05, 0.1) is 16.6 Å². The van der Waals surface area contributed by atoms with Crippen LogP contribution in [0.15, 0.2) is 42.7 Å². The fourth-order valence-electron chi connectivity index (χ4n) is 1.70. The predicted octanol–water partition coefficient (Wildman–Crippen LogP) is 5.36. The van der Waals surface area contributed by atoms with Crippen molar-refractivity contribution in [3.63, 3.8) is 0 Å². The first-order valence-electron chi connectivity index (χ1n) is 6.32. The Labute approximate surface area is 145 Å². The number of benzene rings is 2. The molecular weight excluding hydrogens is 357 g/mol. The monoisotopic (exact) mass is 364 g/mol. The van der Waals surface area contributed by atoms with Gasteiger partial charge in [0.2, 0.25) is 12.4 Å². The number of hydrogen-bond donors (Lipinski definition) is 1. The van der Waals surface area contributed by atoms with Gasteiger partial charge in [0, 0.05) is 4.98 Å². The van der Waals surface area contributed by atoms with E-state index in [9.17, 15) is 5.11 Å². The van der Waals surface area contributed by atoms with Crippen LogP contribution in [0.25, 0.3) is 4.85 Å². The molecule has 0 spiro atoms. The highest BCUT2D eigenvalue weighted by atomic mass is 35.5. The van der Waals surface area contributed by atoms with Crippen LogP contribution < -0.4 is 4.74 Å². The molecule has 0 fully saturated rings. The van der Waals surface area contributed by atoms with E-state index in [0.29, 0.717) is 27.2 Å². The number of halogens is 2. The smallest absolute Gasteiger partial charge is 0.504 e. The number of aromatic hydroxyl groups is 1. The quantitative estimate of drug-likeness (QED) is 0.665. The van der Waals surface area contributed by atoms with E-state index >= 15 is 0 Å². The highest BCUT2D eigenvalue weighted by Crippen LogP contribution is 2.37. The van der Waals surface area contributed by atoms with E-state index in [1.165, 1.54) is 12.4 Å². The van der Waals surface area contributed by atoms with Gasteiger partial charge in [0.1, 0.15) is 27.8 Å². The summed E-state index contributed by atoms with van der Waals surface area (Å²) in [5, 5.41) is 10.7. The maximum Gasteiger partial charge on any atom is 0.504 e. The van der Waals surface area contributed by atoms with Gasteiger partial charge in [-0.15, -0.1) is 9.22 Å². The summed E-state index contributed by atoms with van der Waals surface area (Å²) in [4.78, 5) is 7.97. The maximum absolute atomic E-state index is 9.78. The highest BCUT2D eigenvalue weighted by Gasteiger charge is 2.16. The number of nitrogens with zero attached hydrogens (tertiary/aromatic N) is 3. The molecule has 0 atom stereocenters. The molecule has 5 nitrogen and oxygen atoms in total. The van der Waals surface area contributed by atoms with Crippen molar-refractivity contribution in [2.45, 2.75) is 0 Å². The summed E-state index contributed by atoms with van der Waals surface area (Å²) in [5.41, 5.74) is 0.293. The lowest BCUT2D eigenvalue weighted by atomic mass is 10.2. The number of phenols is 1. The van der Waals surface area contributed by atoms with Crippen LogP contribution in [0.3, 0.4) is 0 Å². The molecule has 114 valence electrons. The summed E-state index contributed by atoms with van der Waals surface area (Å²) in [7, 11) is 0. The molecule has 0 saturated carbocycles. The summed E-state index contributed by atoms with van der Waals surface area (Å²) in [6, 6.07) is 12.7. The van der Waals surface area contributed by atoms with Gasteiger partial charge in [-0.3, -0.25) is 0 Å². The molecular formula is C15H8Cl2N3O2S+. The molecule has 23 heavy (non-hydrogen) atoms. The van der Waals surface area contributed by atoms with Gasteiger partial charge in [-0.2, -0.15) is 0 Å². The molecule has 2 aromatic carbocycles. The summed E-state index contributed by atoms with van der Waals surface area (Å²) in [5.74, 6) is 0.706. The minimum absolute atomic E-state index is 0.0721. The van der Waals surface area contributed by atoms with E-state index in [1.807, 2.05) is 0 Å².